The number of hydrogen-bond donors (Lipinski definition) is 0. The molecule has 0 bridgehead atoms. The smallest absolute Gasteiger partial charge is 0.258 e. The molecule has 0 radical (unpaired) electrons. The van der Waals surface area contributed by atoms with E-state index in [0.717, 1.165) is 18.1 Å². The predicted molar refractivity (Wildman–Crippen MR) is 51.6 cm³/mol. The monoisotopic (exact) mass is 197 g/mol. The van der Waals surface area contributed by atoms with Gasteiger partial charge in [-0.3, -0.25) is 10.1 Å². The topological polar surface area (TPSA) is 43.1 Å². The molecule has 1 aromatic carbocycles. The lowest BCUT2D eigenvalue weighted by Gasteiger charge is -2.04. The number of halogens is 1. The van der Waals surface area contributed by atoms with E-state index in [4.69, 9.17) is 0 Å². The minimum absolute atomic E-state index is 0.403. The molecule has 1 aromatic rings. The minimum Gasteiger partial charge on any atom is -0.258 e. The molecule has 1 rings (SSSR count). The van der Waals surface area contributed by atoms with Crippen LogP contribution in [-0.2, 0) is 6.42 Å². The Morgan fingerprint density at radius 3 is 2.64 bits per heavy atom. The first-order chi connectivity index (χ1) is 6.50. The highest BCUT2D eigenvalue weighted by Gasteiger charge is 2.14. The first-order valence-electron chi connectivity index (χ1n) is 4.43. The standard InChI is InChI=1S/C10H12FNO2/c1-7(2)5-8-3-4-9(11)10(6-8)12(13)14/h3-4,6-7H,5H2,1-2H3. The zero-order chi connectivity index (χ0) is 10.7. The molecule has 3 nitrogen and oxygen atoms in total. The van der Waals surface area contributed by atoms with Crippen LogP contribution in [-0.4, -0.2) is 4.92 Å². The summed E-state index contributed by atoms with van der Waals surface area (Å²) in [6, 6.07) is 4.04. The maximum Gasteiger partial charge on any atom is 0.305 e. The molecule has 4 heteroatoms. The highest BCUT2D eigenvalue weighted by molar-refractivity contribution is 5.36. The van der Waals surface area contributed by atoms with E-state index in [2.05, 4.69) is 0 Å². The second kappa shape index (κ2) is 4.17. The molecule has 0 atom stereocenters. The van der Waals surface area contributed by atoms with E-state index in [-0.39, 0.29) is 0 Å². The minimum atomic E-state index is -0.775. The third-order valence-corrected chi connectivity index (χ3v) is 1.85. The van der Waals surface area contributed by atoms with Gasteiger partial charge in [0, 0.05) is 6.07 Å². The Labute approximate surface area is 81.7 Å². The molecule has 0 saturated heterocycles. The number of rotatable bonds is 3. The Balaban J connectivity index is 3.00. The van der Waals surface area contributed by atoms with Crippen molar-refractivity contribution in [1.82, 2.24) is 0 Å². The van der Waals surface area contributed by atoms with Gasteiger partial charge >= 0.3 is 5.69 Å². The largest absolute Gasteiger partial charge is 0.305 e. The molecule has 14 heavy (non-hydrogen) atoms. The second-order valence-corrected chi connectivity index (χ2v) is 3.64. The molecule has 0 aromatic heterocycles. The Morgan fingerprint density at radius 2 is 2.14 bits per heavy atom. The number of nitro benzene ring substituents is 1. The SMILES string of the molecule is CC(C)Cc1ccc(F)c([N+](=O)[O-])c1. The van der Waals surface area contributed by atoms with Gasteiger partial charge in [0.05, 0.1) is 4.92 Å². The molecule has 0 aliphatic carbocycles. The summed E-state index contributed by atoms with van der Waals surface area (Å²) in [5, 5.41) is 10.4. The molecular formula is C10H12FNO2. The molecule has 0 N–H and O–H groups in total. The van der Waals surface area contributed by atoms with Gasteiger partial charge in [0.25, 0.3) is 0 Å². The molecule has 0 fully saturated rings. The van der Waals surface area contributed by atoms with Crippen molar-refractivity contribution in [3.8, 4) is 0 Å². The average Bonchev–Trinajstić information content (AvgIpc) is 2.07. The molecule has 0 aliphatic rings. The van der Waals surface area contributed by atoms with Crippen molar-refractivity contribution in [3.05, 3.63) is 39.7 Å². The van der Waals surface area contributed by atoms with Gasteiger partial charge < -0.3 is 0 Å². The zero-order valence-electron chi connectivity index (χ0n) is 8.16. The summed E-state index contributed by atoms with van der Waals surface area (Å²) in [6.07, 6.45) is 0.723. The van der Waals surface area contributed by atoms with Crippen LogP contribution in [0.4, 0.5) is 10.1 Å². The maximum atomic E-state index is 12.9. The first kappa shape index (κ1) is 10.6. The van der Waals surface area contributed by atoms with Gasteiger partial charge in [0.15, 0.2) is 0 Å². The van der Waals surface area contributed by atoms with E-state index in [1.807, 2.05) is 13.8 Å². The quantitative estimate of drug-likeness (QED) is 0.552. The van der Waals surface area contributed by atoms with E-state index in [1.54, 1.807) is 6.07 Å². The molecule has 0 spiro atoms. The summed E-state index contributed by atoms with van der Waals surface area (Å²) in [5.74, 6) is -0.373. The Morgan fingerprint density at radius 1 is 1.50 bits per heavy atom. The molecule has 0 amide bonds. The number of nitrogens with zero attached hydrogens (tertiary/aromatic N) is 1. The van der Waals surface area contributed by atoms with Gasteiger partial charge in [0.2, 0.25) is 5.82 Å². The van der Waals surface area contributed by atoms with Crippen molar-refractivity contribution in [3.63, 3.8) is 0 Å². The summed E-state index contributed by atoms with van der Waals surface area (Å²) in [6.45, 7) is 4.02. The normalized spacial score (nSPS) is 10.6. The summed E-state index contributed by atoms with van der Waals surface area (Å²) < 4.78 is 12.9. The van der Waals surface area contributed by atoms with Crippen molar-refractivity contribution in [2.75, 3.05) is 0 Å². The van der Waals surface area contributed by atoms with E-state index >= 15 is 0 Å². The molecular weight excluding hydrogens is 185 g/mol. The van der Waals surface area contributed by atoms with Crippen molar-refractivity contribution in [2.45, 2.75) is 20.3 Å². The fourth-order valence-corrected chi connectivity index (χ4v) is 1.30. The maximum absolute atomic E-state index is 12.9. The van der Waals surface area contributed by atoms with Crippen LogP contribution < -0.4 is 0 Å². The highest BCUT2D eigenvalue weighted by atomic mass is 19.1. The van der Waals surface area contributed by atoms with Gasteiger partial charge in [-0.2, -0.15) is 4.39 Å². The van der Waals surface area contributed by atoms with Crippen LogP contribution in [0.2, 0.25) is 0 Å². The Bertz CT molecular complexity index is 350. The summed E-state index contributed by atoms with van der Waals surface area (Å²) in [4.78, 5) is 9.73. The van der Waals surface area contributed by atoms with Gasteiger partial charge in [-0.05, 0) is 24.0 Å². The van der Waals surface area contributed by atoms with E-state index in [0.29, 0.717) is 5.92 Å². The lowest BCUT2D eigenvalue weighted by Crippen LogP contribution is -1.98. The summed E-state index contributed by atoms with van der Waals surface area (Å²) >= 11 is 0. The first-order valence-corrected chi connectivity index (χ1v) is 4.43. The second-order valence-electron chi connectivity index (χ2n) is 3.64. The van der Waals surface area contributed by atoms with Gasteiger partial charge in [-0.25, -0.2) is 0 Å². The number of hydrogen-bond acceptors (Lipinski definition) is 2. The summed E-state index contributed by atoms with van der Waals surface area (Å²) in [5.41, 5.74) is 0.358. The van der Waals surface area contributed by atoms with Crippen LogP contribution in [0, 0.1) is 21.8 Å². The molecule has 0 saturated carbocycles. The Kier molecular flexibility index (Phi) is 3.17. The number of benzene rings is 1. The fraction of sp³-hybridized carbons (Fsp3) is 0.400. The molecule has 0 unspecified atom stereocenters. The summed E-state index contributed by atoms with van der Waals surface area (Å²) in [7, 11) is 0. The molecule has 0 aliphatic heterocycles. The van der Waals surface area contributed by atoms with Crippen LogP contribution in [0.25, 0.3) is 0 Å². The van der Waals surface area contributed by atoms with E-state index < -0.39 is 16.4 Å². The van der Waals surface area contributed by atoms with Crippen LogP contribution >= 0.6 is 0 Å². The lowest BCUT2D eigenvalue weighted by molar-refractivity contribution is -0.387. The van der Waals surface area contributed by atoms with Crippen LogP contribution in [0.15, 0.2) is 18.2 Å². The predicted octanol–water partition coefficient (Wildman–Crippen LogP) is 2.93. The Hall–Kier alpha value is -1.45. The van der Waals surface area contributed by atoms with Crippen LogP contribution in [0.5, 0.6) is 0 Å². The van der Waals surface area contributed by atoms with Gasteiger partial charge in [-0.1, -0.05) is 19.9 Å². The van der Waals surface area contributed by atoms with Gasteiger partial charge in [0.1, 0.15) is 0 Å². The van der Waals surface area contributed by atoms with Crippen molar-refractivity contribution >= 4 is 5.69 Å². The van der Waals surface area contributed by atoms with Crippen molar-refractivity contribution < 1.29 is 9.31 Å². The van der Waals surface area contributed by atoms with Crippen molar-refractivity contribution in [1.29, 1.82) is 0 Å². The van der Waals surface area contributed by atoms with Crippen molar-refractivity contribution in [2.24, 2.45) is 5.92 Å². The lowest BCUT2D eigenvalue weighted by atomic mass is 10.0. The average molecular weight is 197 g/mol. The zero-order valence-corrected chi connectivity index (χ0v) is 8.16. The molecule has 76 valence electrons. The van der Waals surface area contributed by atoms with E-state index in [1.165, 1.54) is 6.07 Å². The third kappa shape index (κ3) is 2.52. The highest BCUT2D eigenvalue weighted by Crippen LogP contribution is 2.20. The third-order valence-electron chi connectivity index (χ3n) is 1.85. The number of nitro groups is 1. The van der Waals surface area contributed by atoms with Gasteiger partial charge in [-0.15, -0.1) is 0 Å². The van der Waals surface area contributed by atoms with E-state index in [9.17, 15) is 14.5 Å². The van der Waals surface area contributed by atoms with Crippen LogP contribution in [0.1, 0.15) is 19.4 Å². The molecule has 0 heterocycles. The van der Waals surface area contributed by atoms with Crippen LogP contribution in [0.3, 0.4) is 0 Å². The fourth-order valence-electron chi connectivity index (χ4n) is 1.30.